The summed E-state index contributed by atoms with van der Waals surface area (Å²) in [5, 5.41) is 1.95. The molecular formula is C14H21NO4S. The third-order valence-electron chi connectivity index (χ3n) is 2.71. The highest BCUT2D eigenvalue weighted by Gasteiger charge is 2.16. The van der Waals surface area contributed by atoms with Gasteiger partial charge in [0.2, 0.25) is 5.91 Å². The molecule has 0 atom stereocenters. The Morgan fingerprint density at radius 3 is 2.75 bits per heavy atom. The molecular weight excluding hydrogens is 278 g/mol. The first kappa shape index (κ1) is 16.7. The first-order chi connectivity index (χ1) is 9.67. The quantitative estimate of drug-likeness (QED) is 0.652. The van der Waals surface area contributed by atoms with E-state index in [0.717, 1.165) is 4.88 Å². The van der Waals surface area contributed by atoms with Gasteiger partial charge in [-0.1, -0.05) is 6.07 Å². The predicted octanol–water partition coefficient (Wildman–Crippen LogP) is 1.72. The molecule has 0 bridgehead atoms. The van der Waals surface area contributed by atoms with Crippen LogP contribution in [0.3, 0.4) is 0 Å². The molecule has 1 amide bonds. The van der Waals surface area contributed by atoms with Gasteiger partial charge in [0, 0.05) is 25.1 Å². The molecule has 0 unspecified atom stereocenters. The highest BCUT2D eigenvalue weighted by Crippen LogP contribution is 2.11. The maximum Gasteiger partial charge on any atom is 0.307 e. The van der Waals surface area contributed by atoms with Crippen LogP contribution in [-0.4, -0.2) is 50.2 Å². The van der Waals surface area contributed by atoms with E-state index in [2.05, 4.69) is 0 Å². The van der Waals surface area contributed by atoms with E-state index < -0.39 is 0 Å². The van der Waals surface area contributed by atoms with Gasteiger partial charge in [-0.2, -0.15) is 0 Å². The Labute approximate surface area is 123 Å². The molecule has 5 nitrogen and oxygen atoms in total. The molecule has 1 rings (SSSR count). The molecule has 0 spiro atoms. The van der Waals surface area contributed by atoms with E-state index in [0.29, 0.717) is 32.7 Å². The van der Waals surface area contributed by atoms with Crippen LogP contribution in [-0.2, 0) is 25.5 Å². The minimum absolute atomic E-state index is 0.00815. The van der Waals surface area contributed by atoms with Crippen molar-refractivity contribution >= 4 is 23.2 Å². The Morgan fingerprint density at radius 2 is 2.15 bits per heavy atom. The molecule has 0 aliphatic heterocycles. The average Bonchev–Trinajstić information content (AvgIpc) is 2.92. The number of thiophene rings is 1. The van der Waals surface area contributed by atoms with E-state index in [1.165, 1.54) is 0 Å². The monoisotopic (exact) mass is 299 g/mol. The predicted molar refractivity (Wildman–Crippen MR) is 77.7 cm³/mol. The third-order valence-corrected chi connectivity index (χ3v) is 3.59. The number of methoxy groups -OCH3 is 1. The average molecular weight is 299 g/mol. The summed E-state index contributed by atoms with van der Waals surface area (Å²) in [4.78, 5) is 26.3. The second-order valence-corrected chi connectivity index (χ2v) is 5.22. The largest absolute Gasteiger partial charge is 0.466 e. The van der Waals surface area contributed by atoms with Gasteiger partial charge in [-0.05, 0) is 18.4 Å². The molecule has 1 aromatic rings. The number of esters is 1. The number of ether oxygens (including phenoxy) is 2. The number of carbonyl (C=O) groups excluding carboxylic acids is 2. The smallest absolute Gasteiger partial charge is 0.307 e. The third kappa shape index (κ3) is 6.16. The Hall–Kier alpha value is -1.40. The number of hydrogen-bond acceptors (Lipinski definition) is 5. The van der Waals surface area contributed by atoms with E-state index in [1.54, 1.807) is 30.3 Å². The fraction of sp³-hybridized carbons (Fsp3) is 0.571. The Morgan fingerprint density at radius 1 is 1.35 bits per heavy atom. The molecule has 6 heteroatoms. The summed E-state index contributed by atoms with van der Waals surface area (Å²) in [5.41, 5.74) is 0. The van der Waals surface area contributed by atoms with Crippen molar-refractivity contribution in [2.45, 2.75) is 19.8 Å². The summed E-state index contributed by atoms with van der Waals surface area (Å²) in [5.74, 6) is -0.271. The van der Waals surface area contributed by atoms with Crippen molar-refractivity contribution in [3.63, 3.8) is 0 Å². The van der Waals surface area contributed by atoms with Gasteiger partial charge in [-0.15, -0.1) is 11.3 Å². The summed E-state index contributed by atoms with van der Waals surface area (Å²) in [7, 11) is 1.59. The maximum atomic E-state index is 12.2. The number of nitrogens with zero attached hydrogens (tertiary/aromatic N) is 1. The van der Waals surface area contributed by atoms with Crippen molar-refractivity contribution < 1.29 is 19.1 Å². The zero-order valence-electron chi connectivity index (χ0n) is 12.0. The Kier molecular flexibility index (Phi) is 7.91. The number of hydrogen-bond donors (Lipinski definition) is 0. The van der Waals surface area contributed by atoms with E-state index in [9.17, 15) is 9.59 Å². The summed E-state index contributed by atoms with van der Waals surface area (Å²) in [6, 6.07) is 3.85. The molecule has 0 saturated heterocycles. The highest BCUT2D eigenvalue weighted by atomic mass is 32.1. The van der Waals surface area contributed by atoms with Gasteiger partial charge in [0.05, 0.1) is 26.1 Å². The maximum absolute atomic E-state index is 12.2. The second kappa shape index (κ2) is 9.50. The molecule has 0 aromatic carbocycles. The lowest BCUT2D eigenvalue weighted by Gasteiger charge is -2.21. The van der Waals surface area contributed by atoms with Crippen LogP contribution in [0.15, 0.2) is 17.5 Å². The molecule has 112 valence electrons. The fourth-order valence-corrected chi connectivity index (χ4v) is 2.39. The SMILES string of the molecule is CCOC(=O)CCN(CCOC)C(=O)Cc1cccs1. The lowest BCUT2D eigenvalue weighted by molar-refractivity contribution is -0.144. The summed E-state index contributed by atoms with van der Waals surface area (Å²) >= 11 is 1.55. The van der Waals surface area contributed by atoms with Crippen LogP contribution in [0, 0.1) is 0 Å². The van der Waals surface area contributed by atoms with Gasteiger partial charge >= 0.3 is 5.97 Å². The molecule has 0 aliphatic carbocycles. The van der Waals surface area contributed by atoms with E-state index in [1.807, 2.05) is 17.5 Å². The fourth-order valence-electron chi connectivity index (χ4n) is 1.70. The van der Waals surface area contributed by atoms with E-state index >= 15 is 0 Å². The number of amides is 1. The molecule has 1 aromatic heterocycles. The van der Waals surface area contributed by atoms with Crippen molar-refractivity contribution in [3.05, 3.63) is 22.4 Å². The Balaban J connectivity index is 2.49. The highest BCUT2D eigenvalue weighted by molar-refractivity contribution is 7.10. The van der Waals surface area contributed by atoms with Crippen LogP contribution in [0.1, 0.15) is 18.2 Å². The first-order valence-electron chi connectivity index (χ1n) is 6.62. The standard InChI is InChI=1S/C14H21NO4S/c1-3-19-14(17)6-7-15(8-9-18-2)13(16)11-12-5-4-10-20-12/h4-5,10H,3,6-9,11H2,1-2H3. The molecule has 1 heterocycles. The molecule has 20 heavy (non-hydrogen) atoms. The molecule has 0 saturated carbocycles. The van der Waals surface area contributed by atoms with Crippen LogP contribution in [0.4, 0.5) is 0 Å². The van der Waals surface area contributed by atoms with Crippen LogP contribution in [0.2, 0.25) is 0 Å². The van der Waals surface area contributed by atoms with Crippen molar-refractivity contribution in [2.75, 3.05) is 33.4 Å². The molecule has 0 fully saturated rings. The first-order valence-corrected chi connectivity index (χ1v) is 7.50. The minimum atomic E-state index is -0.279. The summed E-state index contributed by atoms with van der Waals surface area (Å²) in [6.45, 7) is 3.44. The van der Waals surface area contributed by atoms with E-state index in [-0.39, 0.29) is 18.3 Å². The number of rotatable bonds is 9. The Bertz CT molecular complexity index is 405. The van der Waals surface area contributed by atoms with Crippen LogP contribution >= 0.6 is 11.3 Å². The van der Waals surface area contributed by atoms with Crippen molar-refractivity contribution in [1.29, 1.82) is 0 Å². The summed E-state index contributed by atoms with van der Waals surface area (Å²) < 4.78 is 9.88. The zero-order valence-corrected chi connectivity index (χ0v) is 12.8. The topological polar surface area (TPSA) is 55.8 Å². The minimum Gasteiger partial charge on any atom is -0.466 e. The lowest BCUT2D eigenvalue weighted by Crippen LogP contribution is -2.36. The van der Waals surface area contributed by atoms with E-state index in [4.69, 9.17) is 9.47 Å². The van der Waals surface area contributed by atoms with Gasteiger partial charge in [-0.25, -0.2) is 0 Å². The second-order valence-electron chi connectivity index (χ2n) is 4.18. The molecule has 0 N–H and O–H groups in total. The van der Waals surface area contributed by atoms with Crippen LogP contribution < -0.4 is 0 Å². The van der Waals surface area contributed by atoms with Crippen LogP contribution in [0.25, 0.3) is 0 Å². The van der Waals surface area contributed by atoms with Crippen LogP contribution in [0.5, 0.6) is 0 Å². The van der Waals surface area contributed by atoms with Crippen molar-refractivity contribution in [1.82, 2.24) is 4.90 Å². The lowest BCUT2D eigenvalue weighted by atomic mass is 10.3. The van der Waals surface area contributed by atoms with Crippen molar-refractivity contribution in [2.24, 2.45) is 0 Å². The van der Waals surface area contributed by atoms with Gasteiger partial charge < -0.3 is 14.4 Å². The van der Waals surface area contributed by atoms with Gasteiger partial charge in [-0.3, -0.25) is 9.59 Å². The van der Waals surface area contributed by atoms with Crippen molar-refractivity contribution in [3.8, 4) is 0 Å². The van der Waals surface area contributed by atoms with Gasteiger partial charge in [0.1, 0.15) is 0 Å². The molecule has 0 radical (unpaired) electrons. The zero-order chi connectivity index (χ0) is 14.8. The van der Waals surface area contributed by atoms with Gasteiger partial charge in [0.25, 0.3) is 0 Å². The number of carbonyl (C=O) groups is 2. The molecule has 0 aliphatic rings. The summed E-state index contributed by atoms with van der Waals surface area (Å²) in [6.07, 6.45) is 0.581. The normalized spacial score (nSPS) is 10.3. The van der Waals surface area contributed by atoms with Gasteiger partial charge in [0.15, 0.2) is 0 Å².